The minimum atomic E-state index is -0.912. The molecule has 0 atom stereocenters. The Morgan fingerprint density at radius 2 is 1.32 bits per heavy atom. The van der Waals surface area contributed by atoms with Crippen LogP contribution in [-0.4, -0.2) is 16.6 Å². The van der Waals surface area contributed by atoms with Crippen molar-refractivity contribution in [3.63, 3.8) is 0 Å². The van der Waals surface area contributed by atoms with Crippen molar-refractivity contribution in [3.05, 3.63) is 128 Å². The van der Waals surface area contributed by atoms with E-state index in [4.69, 9.17) is 27.9 Å². The van der Waals surface area contributed by atoms with Crippen LogP contribution in [0.2, 0.25) is 10.0 Å². The molecule has 0 N–H and O–H groups in total. The predicted molar refractivity (Wildman–Crippen MR) is 131 cm³/mol. The maximum atomic E-state index is 6.99. The molecule has 3 aliphatic rings. The molecule has 3 aliphatic carbocycles. The second kappa shape index (κ2) is 6.99. The number of benzene rings is 4. The maximum absolute atomic E-state index is 6.99. The van der Waals surface area contributed by atoms with Crippen molar-refractivity contribution in [1.82, 2.24) is 0 Å². The number of methoxy groups -OCH3 is 1. The number of hydrogen-bond acceptors (Lipinski definition) is 1. The Labute approximate surface area is 194 Å². The van der Waals surface area contributed by atoms with E-state index in [-0.39, 0.29) is 11.0 Å². The van der Waals surface area contributed by atoms with Crippen molar-refractivity contribution in [3.8, 4) is 5.75 Å². The van der Waals surface area contributed by atoms with Crippen molar-refractivity contribution >= 4 is 37.9 Å². The number of ether oxygens (including phenoxy) is 1. The van der Waals surface area contributed by atoms with Crippen molar-refractivity contribution in [2.75, 3.05) is 7.11 Å². The highest BCUT2D eigenvalue weighted by Crippen LogP contribution is 2.61. The highest BCUT2D eigenvalue weighted by Gasteiger charge is 2.53. The normalized spacial score (nSPS) is 20.4. The Balaban J connectivity index is 1.72. The molecule has 0 spiro atoms. The molecule has 0 aromatic heterocycles. The van der Waals surface area contributed by atoms with Crippen LogP contribution >= 0.6 is 23.2 Å². The van der Waals surface area contributed by atoms with Gasteiger partial charge in [-0.15, -0.1) is 0 Å². The summed E-state index contributed by atoms with van der Waals surface area (Å²) < 4.78 is 5.40. The van der Waals surface area contributed by atoms with Crippen LogP contribution in [0.4, 0.5) is 0 Å². The first kappa shape index (κ1) is 19.2. The summed E-state index contributed by atoms with van der Waals surface area (Å²) in [5.41, 5.74) is 7.90. The van der Waals surface area contributed by atoms with Gasteiger partial charge in [-0.25, -0.2) is 0 Å². The Hall–Kier alpha value is -2.52. The fourth-order valence-corrected chi connectivity index (χ4v) is 9.15. The quantitative estimate of drug-likeness (QED) is 0.363. The molecule has 4 aromatic carbocycles. The molecule has 0 heterocycles. The molecule has 4 aromatic rings. The summed E-state index contributed by atoms with van der Waals surface area (Å²) in [5.74, 6) is 1.00. The molecule has 0 fully saturated rings. The fourth-order valence-electron chi connectivity index (χ4n) is 5.78. The van der Waals surface area contributed by atoms with Crippen LogP contribution in [0.1, 0.15) is 39.3 Å². The first-order chi connectivity index (χ1) is 15.1. The minimum Gasteiger partial charge on any atom is -0.497 e. The molecular formula is C27H20Cl2OSi. The molecule has 1 nitrogen and oxygen atoms in total. The average molecular weight is 459 g/mol. The fraction of sp³-hybridized carbons (Fsp3) is 0.111. The number of halogens is 2. The predicted octanol–water partition coefficient (Wildman–Crippen LogP) is 5.60. The third kappa shape index (κ3) is 2.56. The van der Waals surface area contributed by atoms with E-state index in [0.717, 1.165) is 15.8 Å². The van der Waals surface area contributed by atoms with Crippen LogP contribution in [-0.2, 0) is 5.04 Å². The number of hydrogen-bond donors (Lipinski definition) is 0. The van der Waals surface area contributed by atoms with Crippen LogP contribution < -0.4 is 9.92 Å². The van der Waals surface area contributed by atoms with Gasteiger partial charge in [0.05, 0.1) is 16.6 Å². The summed E-state index contributed by atoms with van der Waals surface area (Å²) in [4.78, 5) is 0. The Morgan fingerprint density at radius 1 is 0.742 bits per heavy atom. The molecule has 152 valence electrons. The Kier molecular flexibility index (Phi) is 4.33. The minimum absolute atomic E-state index is 0.125. The van der Waals surface area contributed by atoms with E-state index >= 15 is 0 Å². The van der Waals surface area contributed by atoms with E-state index in [9.17, 15) is 0 Å². The van der Waals surface area contributed by atoms with Gasteiger partial charge < -0.3 is 4.74 Å². The van der Waals surface area contributed by atoms with Gasteiger partial charge in [0, 0.05) is 21.0 Å². The molecule has 0 saturated heterocycles. The van der Waals surface area contributed by atoms with Gasteiger partial charge in [0.25, 0.3) is 0 Å². The first-order valence-corrected chi connectivity index (χ1v) is 12.6. The van der Waals surface area contributed by atoms with Gasteiger partial charge in [-0.05, 0) is 57.6 Å². The lowest BCUT2D eigenvalue weighted by Crippen LogP contribution is -2.50. The Morgan fingerprint density at radius 3 is 1.94 bits per heavy atom. The van der Waals surface area contributed by atoms with Gasteiger partial charge in [-0.2, -0.15) is 0 Å². The summed E-state index contributed by atoms with van der Waals surface area (Å²) >= 11 is 13.9. The van der Waals surface area contributed by atoms with Gasteiger partial charge in [-0.3, -0.25) is 0 Å². The van der Waals surface area contributed by atoms with Gasteiger partial charge >= 0.3 is 0 Å². The van der Waals surface area contributed by atoms with Gasteiger partial charge in [0.2, 0.25) is 0 Å². The zero-order valence-electron chi connectivity index (χ0n) is 17.0. The van der Waals surface area contributed by atoms with Crippen LogP contribution in [0, 0.1) is 0 Å². The smallest absolute Gasteiger partial charge is 0.118 e. The molecule has 0 amide bonds. The second-order valence-corrected chi connectivity index (χ2v) is 11.4. The molecule has 31 heavy (non-hydrogen) atoms. The molecule has 0 saturated carbocycles. The highest BCUT2D eigenvalue weighted by molar-refractivity contribution is 6.59. The Bertz CT molecular complexity index is 1280. The lowest BCUT2D eigenvalue weighted by atomic mass is 9.60. The van der Waals surface area contributed by atoms with Crippen molar-refractivity contribution in [1.29, 1.82) is 0 Å². The average Bonchev–Trinajstić information content (AvgIpc) is 2.82. The number of rotatable bonds is 3. The van der Waals surface area contributed by atoms with Crippen LogP contribution in [0.3, 0.4) is 0 Å². The van der Waals surface area contributed by atoms with E-state index in [2.05, 4.69) is 72.8 Å². The van der Waals surface area contributed by atoms with Crippen LogP contribution in [0.15, 0.2) is 84.9 Å². The zero-order valence-corrected chi connectivity index (χ0v) is 20.0. The van der Waals surface area contributed by atoms with Gasteiger partial charge in [0.1, 0.15) is 5.75 Å². The van der Waals surface area contributed by atoms with E-state index in [0.29, 0.717) is 0 Å². The molecule has 2 bridgehead atoms. The van der Waals surface area contributed by atoms with E-state index in [1.54, 1.807) is 7.11 Å². The van der Waals surface area contributed by atoms with E-state index in [1.807, 2.05) is 12.1 Å². The molecular weight excluding hydrogens is 439 g/mol. The van der Waals surface area contributed by atoms with Crippen molar-refractivity contribution in [2.45, 2.75) is 11.0 Å². The van der Waals surface area contributed by atoms with E-state index in [1.165, 1.54) is 38.6 Å². The third-order valence-corrected chi connectivity index (χ3v) is 10.1. The molecule has 0 unspecified atom stereocenters. The lowest BCUT2D eigenvalue weighted by molar-refractivity contribution is 0.415. The van der Waals surface area contributed by atoms with E-state index < -0.39 is 9.52 Å². The maximum Gasteiger partial charge on any atom is 0.118 e. The largest absolute Gasteiger partial charge is 0.497 e. The molecule has 0 aliphatic heterocycles. The summed E-state index contributed by atoms with van der Waals surface area (Å²) in [5, 5.41) is 2.73. The first-order valence-electron chi connectivity index (χ1n) is 10.5. The topological polar surface area (TPSA) is 9.23 Å². The monoisotopic (exact) mass is 458 g/mol. The zero-order chi connectivity index (χ0) is 21.2. The SMILES string of the molecule is COc1ccc([SiH2]C23c4ccccc4C(c4ccccc42)c2c(Cl)ccc(Cl)c23)cc1. The van der Waals surface area contributed by atoms with Gasteiger partial charge in [0.15, 0.2) is 0 Å². The summed E-state index contributed by atoms with van der Waals surface area (Å²) in [6, 6.07) is 30.2. The molecule has 4 heteroatoms. The standard InChI is InChI=1S/C27H20Cl2OSi/c1-30-16-10-12-17(13-11-16)31-27-20-8-4-2-6-18(20)24(19-7-3-5-9-21(19)27)25-22(28)14-15-23(29)26(25)27/h2-15,24H,31H2,1H3. The summed E-state index contributed by atoms with van der Waals surface area (Å²) in [7, 11) is 0.795. The molecule has 7 rings (SSSR count). The summed E-state index contributed by atoms with van der Waals surface area (Å²) in [6.07, 6.45) is 0. The van der Waals surface area contributed by atoms with Crippen LogP contribution in [0.25, 0.3) is 0 Å². The second-order valence-electron chi connectivity index (χ2n) is 8.36. The van der Waals surface area contributed by atoms with Crippen LogP contribution in [0.5, 0.6) is 5.75 Å². The third-order valence-electron chi connectivity index (χ3n) is 6.95. The lowest BCUT2D eigenvalue weighted by Gasteiger charge is -2.51. The summed E-state index contributed by atoms with van der Waals surface area (Å²) in [6.45, 7) is 0. The molecule has 0 radical (unpaired) electrons. The van der Waals surface area contributed by atoms with Gasteiger partial charge in [-0.1, -0.05) is 89.1 Å². The highest BCUT2D eigenvalue weighted by atomic mass is 35.5. The van der Waals surface area contributed by atoms with Crippen molar-refractivity contribution < 1.29 is 4.74 Å². The van der Waals surface area contributed by atoms with Crippen molar-refractivity contribution in [2.24, 2.45) is 0 Å².